The second kappa shape index (κ2) is 7.14. The molecule has 0 unspecified atom stereocenters. The molecule has 0 fully saturated rings. The van der Waals surface area contributed by atoms with Gasteiger partial charge in [0.1, 0.15) is 5.82 Å². The summed E-state index contributed by atoms with van der Waals surface area (Å²) in [6, 6.07) is 4.90. The highest BCUT2D eigenvalue weighted by Crippen LogP contribution is 2.29. The SMILES string of the molecule is CCn1c(=O)c2c(nc(C=Cc3cccc(C(F)(F)F)c3)n2C)n(CC)c1=O. The zero-order valence-electron chi connectivity index (χ0n) is 15.6. The summed E-state index contributed by atoms with van der Waals surface area (Å²) >= 11 is 0. The lowest BCUT2D eigenvalue weighted by atomic mass is 10.1. The Balaban J connectivity index is 2.14. The van der Waals surface area contributed by atoms with Crippen LogP contribution in [0.5, 0.6) is 0 Å². The second-order valence-corrected chi connectivity index (χ2v) is 6.23. The van der Waals surface area contributed by atoms with Crippen LogP contribution < -0.4 is 11.2 Å². The standard InChI is InChI=1S/C19H19F3N4O2/c1-4-25-16-15(17(27)26(5-2)18(25)28)24(3)14(23-16)10-9-12-7-6-8-13(11-12)19(20,21)22/h6-11H,4-5H2,1-3H3. The summed E-state index contributed by atoms with van der Waals surface area (Å²) in [6.07, 6.45) is -1.41. The molecule has 2 heterocycles. The highest BCUT2D eigenvalue weighted by molar-refractivity contribution is 5.76. The Morgan fingerprint density at radius 1 is 1.07 bits per heavy atom. The maximum Gasteiger partial charge on any atom is 0.416 e. The van der Waals surface area contributed by atoms with Gasteiger partial charge < -0.3 is 4.57 Å². The van der Waals surface area contributed by atoms with Crippen LogP contribution in [0.2, 0.25) is 0 Å². The number of aromatic nitrogens is 4. The summed E-state index contributed by atoms with van der Waals surface area (Å²) < 4.78 is 42.7. The van der Waals surface area contributed by atoms with Crippen LogP contribution in [0.1, 0.15) is 30.8 Å². The molecule has 0 aliphatic rings. The first-order valence-electron chi connectivity index (χ1n) is 8.74. The summed E-state index contributed by atoms with van der Waals surface area (Å²) in [7, 11) is 1.63. The molecule has 0 amide bonds. The van der Waals surface area contributed by atoms with Gasteiger partial charge in [-0.25, -0.2) is 9.78 Å². The number of fused-ring (bicyclic) bond motifs is 1. The predicted octanol–water partition coefficient (Wildman–Crippen LogP) is 3.13. The van der Waals surface area contributed by atoms with Crippen LogP contribution in [0.15, 0.2) is 33.9 Å². The predicted molar refractivity (Wildman–Crippen MR) is 101 cm³/mol. The number of alkyl halides is 3. The van der Waals surface area contributed by atoms with Crippen LogP contribution in [0.4, 0.5) is 13.2 Å². The summed E-state index contributed by atoms with van der Waals surface area (Å²) in [5, 5.41) is 0. The van der Waals surface area contributed by atoms with E-state index in [0.29, 0.717) is 17.9 Å². The van der Waals surface area contributed by atoms with Crippen LogP contribution in [0.3, 0.4) is 0 Å². The number of halogens is 3. The average Bonchev–Trinajstić information content (AvgIpc) is 2.97. The van der Waals surface area contributed by atoms with Crippen molar-refractivity contribution in [3.63, 3.8) is 0 Å². The van der Waals surface area contributed by atoms with E-state index in [1.54, 1.807) is 31.5 Å². The monoisotopic (exact) mass is 392 g/mol. The first-order chi connectivity index (χ1) is 13.2. The average molecular weight is 392 g/mol. The Labute approximate surface area is 158 Å². The third-order valence-corrected chi connectivity index (χ3v) is 4.55. The molecule has 3 aromatic rings. The third kappa shape index (κ3) is 3.28. The van der Waals surface area contributed by atoms with Crippen molar-refractivity contribution in [1.29, 1.82) is 0 Å². The summed E-state index contributed by atoms with van der Waals surface area (Å²) in [4.78, 5) is 29.5. The van der Waals surface area contributed by atoms with E-state index >= 15 is 0 Å². The molecule has 9 heteroatoms. The van der Waals surface area contributed by atoms with E-state index in [1.165, 1.54) is 22.8 Å². The first-order valence-corrected chi connectivity index (χ1v) is 8.74. The molecule has 1 aromatic carbocycles. The minimum absolute atomic E-state index is 0.230. The molecular formula is C19H19F3N4O2. The van der Waals surface area contributed by atoms with Crippen molar-refractivity contribution in [3.8, 4) is 0 Å². The molecule has 6 nitrogen and oxygen atoms in total. The van der Waals surface area contributed by atoms with Gasteiger partial charge in [-0.3, -0.25) is 13.9 Å². The van der Waals surface area contributed by atoms with Crippen molar-refractivity contribution in [2.45, 2.75) is 33.1 Å². The molecule has 0 spiro atoms. The number of aryl methyl sites for hydroxylation is 2. The molecule has 2 aromatic heterocycles. The van der Waals surface area contributed by atoms with Gasteiger partial charge in [0, 0.05) is 20.1 Å². The zero-order chi connectivity index (χ0) is 20.6. The van der Waals surface area contributed by atoms with Crippen molar-refractivity contribution in [3.05, 3.63) is 62.1 Å². The molecular weight excluding hydrogens is 373 g/mol. The number of hydrogen-bond acceptors (Lipinski definition) is 3. The molecule has 0 N–H and O–H groups in total. The molecule has 0 atom stereocenters. The molecule has 0 aliphatic heterocycles. The largest absolute Gasteiger partial charge is 0.416 e. The van der Waals surface area contributed by atoms with Gasteiger partial charge >= 0.3 is 11.9 Å². The van der Waals surface area contributed by atoms with Crippen molar-refractivity contribution < 1.29 is 13.2 Å². The van der Waals surface area contributed by atoms with Crippen LogP contribution in [0.25, 0.3) is 23.3 Å². The maximum atomic E-state index is 12.9. The van der Waals surface area contributed by atoms with E-state index in [4.69, 9.17) is 0 Å². The van der Waals surface area contributed by atoms with Gasteiger partial charge in [0.15, 0.2) is 11.2 Å². The van der Waals surface area contributed by atoms with Gasteiger partial charge in [-0.15, -0.1) is 0 Å². The third-order valence-electron chi connectivity index (χ3n) is 4.55. The lowest BCUT2D eigenvalue weighted by molar-refractivity contribution is -0.137. The van der Waals surface area contributed by atoms with E-state index in [0.717, 1.165) is 16.7 Å². The minimum atomic E-state index is -4.43. The van der Waals surface area contributed by atoms with Gasteiger partial charge in [0.25, 0.3) is 5.56 Å². The topological polar surface area (TPSA) is 61.8 Å². The van der Waals surface area contributed by atoms with Crippen LogP contribution in [0, 0.1) is 0 Å². The van der Waals surface area contributed by atoms with Crippen LogP contribution in [-0.2, 0) is 26.3 Å². The summed E-state index contributed by atoms with van der Waals surface area (Å²) in [6.45, 7) is 4.05. The smallest absolute Gasteiger partial charge is 0.322 e. The van der Waals surface area contributed by atoms with Gasteiger partial charge in [0.2, 0.25) is 0 Å². The molecule has 0 saturated heterocycles. The van der Waals surface area contributed by atoms with Gasteiger partial charge in [-0.1, -0.05) is 18.2 Å². The fourth-order valence-corrected chi connectivity index (χ4v) is 3.08. The van der Waals surface area contributed by atoms with Gasteiger partial charge in [-0.05, 0) is 37.6 Å². The highest BCUT2D eigenvalue weighted by Gasteiger charge is 2.30. The minimum Gasteiger partial charge on any atom is -0.322 e. The Morgan fingerprint density at radius 2 is 1.75 bits per heavy atom. The molecule has 0 aliphatic carbocycles. The van der Waals surface area contributed by atoms with E-state index in [-0.39, 0.29) is 17.7 Å². The first kappa shape index (κ1) is 19.7. The van der Waals surface area contributed by atoms with Gasteiger partial charge in [0.05, 0.1) is 5.56 Å². The number of imidazole rings is 1. The van der Waals surface area contributed by atoms with Crippen molar-refractivity contribution in [2.75, 3.05) is 0 Å². The quantitative estimate of drug-likeness (QED) is 0.685. The molecule has 0 radical (unpaired) electrons. The van der Waals surface area contributed by atoms with E-state index in [9.17, 15) is 22.8 Å². The highest BCUT2D eigenvalue weighted by atomic mass is 19.4. The summed E-state index contributed by atoms with van der Waals surface area (Å²) in [5.41, 5.74) is -0.749. The van der Waals surface area contributed by atoms with Crippen molar-refractivity contribution in [2.24, 2.45) is 7.05 Å². The van der Waals surface area contributed by atoms with Gasteiger partial charge in [-0.2, -0.15) is 13.2 Å². The number of rotatable bonds is 4. The molecule has 148 valence electrons. The number of hydrogen-bond donors (Lipinski definition) is 0. The molecule has 0 bridgehead atoms. The number of benzene rings is 1. The lowest BCUT2D eigenvalue weighted by Crippen LogP contribution is -2.39. The fraction of sp³-hybridized carbons (Fsp3) is 0.316. The Morgan fingerprint density at radius 3 is 2.36 bits per heavy atom. The summed E-state index contributed by atoms with van der Waals surface area (Å²) in [5.74, 6) is 0.361. The maximum absolute atomic E-state index is 12.9. The Hall–Kier alpha value is -3.10. The number of nitrogens with zero attached hydrogens (tertiary/aromatic N) is 4. The van der Waals surface area contributed by atoms with E-state index < -0.39 is 23.0 Å². The second-order valence-electron chi connectivity index (χ2n) is 6.23. The van der Waals surface area contributed by atoms with Crippen LogP contribution in [-0.4, -0.2) is 18.7 Å². The molecule has 0 saturated carbocycles. The molecule has 3 rings (SSSR count). The van der Waals surface area contributed by atoms with Crippen molar-refractivity contribution in [1.82, 2.24) is 18.7 Å². The Kier molecular flexibility index (Phi) is 5.01. The fourth-order valence-electron chi connectivity index (χ4n) is 3.08. The van der Waals surface area contributed by atoms with E-state index in [2.05, 4.69) is 4.98 Å². The van der Waals surface area contributed by atoms with E-state index in [1.807, 2.05) is 0 Å². The molecule has 28 heavy (non-hydrogen) atoms. The normalized spacial score (nSPS) is 12.4. The Bertz CT molecular complexity index is 1180. The van der Waals surface area contributed by atoms with Crippen LogP contribution >= 0.6 is 0 Å². The van der Waals surface area contributed by atoms with Crippen molar-refractivity contribution >= 4 is 23.3 Å². The zero-order valence-corrected chi connectivity index (χ0v) is 15.6. The lowest BCUT2D eigenvalue weighted by Gasteiger charge is -2.08.